The summed E-state index contributed by atoms with van der Waals surface area (Å²) in [7, 11) is 0. The predicted octanol–water partition coefficient (Wildman–Crippen LogP) is 1.99. The molecule has 1 atom stereocenters. The molecule has 3 nitrogen and oxygen atoms in total. The lowest BCUT2D eigenvalue weighted by molar-refractivity contribution is -0.136. The average Bonchev–Trinajstić information content (AvgIpc) is 2.11. The molecule has 1 unspecified atom stereocenters. The Morgan fingerprint density at radius 1 is 1.53 bits per heavy atom. The Hall–Kier alpha value is -1.25. The first-order valence-electron chi connectivity index (χ1n) is 4.64. The van der Waals surface area contributed by atoms with Gasteiger partial charge in [-0.3, -0.25) is 4.79 Å². The Kier molecular flexibility index (Phi) is 5.75. The normalized spacial score (nSPS) is 13.0. The van der Waals surface area contributed by atoms with Crippen molar-refractivity contribution in [3.05, 3.63) is 0 Å². The number of amides is 1. The van der Waals surface area contributed by atoms with Crippen molar-refractivity contribution in [2.45, 2.75) is 32.4 Å². The highest BCUT2D eigenvalue weighted by atomic mass is 19.4. The van der Waals surface area contributed by atoms with Crippen LogP contribution in [0.1, 0.15) is 26.2 Å². The third kappa shape index (κ3) is 6.77. The first-order valence-corrected chi connectivity index (χ1v) is 4.64. The van der Waals surface area contributed by atoms with Crippen molar-refractivity contribution in [2.24, 2.45) is 5.92 Å². The Balaban J connectivity index is 3.88. The number of carbonyl (C=O) groups excluding carboxylic acids is 1. The van der Waals surface area contributed by atoms with Crippen molar-refractivity contribution in [3.8, 4) is 6.07 Å². The number of alkyl halides is 3. The van der Waals surface area contributed by atoms with Crippen LogP contribution in [-0.4, -0.2) is 18.6 Å². The third-order valence-corrected chi connectivity index (χ3v) is 1.76. The van der Waals surface area contributed by atoms with E-state index in [9.17, 15) is 18.0 Å². The largest absolute Gasteiger partial charge is 0.390 e. The van der Waals surface area contributed by atoms with Crippen LogP contribution in [0.5, 0.6) is 0 Å². The molecule has 0 aromatic carbocycles. The Morgan fingerprint density at radius 2 is 2.13 bits per heavy atom. The molecule has 0 spiro atoms. The average molecular weight is 222 g/mol. The fourth-order valence-corrected chi connectivity index (χ4v) is 0.994. The zero-order valence-corrected chi connectivity index (χ0v) is 8.40. The number of hydrogen-bond acceptors (Lipinski definition) is 2. The summed E-state index contributed by atoms with van der Waals surface area (Å²) in [5, 5.41) is 10.6. The highest BCUT2D eigenvalue weighted by molar-refractivity contribution is 5.80. The van der Waals surface area contributed by atoms with Gasteiger partial charge in [0.1, 0.15) is 5.92 Å². The predicted molar refractivity (Wildman–Crippen MR) is 47.7 cm³/mol. The summed E-state index contributed by atoms with van der Waals surface area (Å²) in [6, 6.07) is 1.76. The Labute approximate surface area is 86.3 Å². The molecule has 6 heteroatoms. The van der Waals surface area contributed by atoms with Gasteiger partial charge in [0.15, 0.2) is 0 Å². The molecule has 0 heterocycles. The minimum atomic E-state index is -4.28. The highest BCUT2D eigenvalue weighted by Gasteiger charge is 2.27. The van der Waals surface area contributed by atoms with Gasteiger partial charge in [-0.15, -0.1) is 0 Å². The number of nitrogens with zero attached hydrogens (tertiary/aromatic N) is 1. The van der Waals surface area contributed by atoms with Gasteiger partial charge in [-0.05, 0) is 6.42 Å². The molecule has 0 bridgehead atoms. The maximum Gasteiger partial charge on any atom is 0.390 e. The minimum Gasteiger partial charge on any atom is -0.355 e. The van der Waals surface area contributed by atoms with E-state index in [1.54, 1.807) is 13.0 Å². The molecule has 0 aliphatic rings. The molecular weight excluding hydrogens is 209 g/mol. The molecule has 0 aromatic rings. The molecule has 0 aliphatic heterocycles. The van der Waals surface area contributed by atoms with Gasteiger partial charge in [-0.25, -0.2) is 0 Å². The van der Waals surface area contributed by atoms with Crippen molar-refractivity contribution in [1.82, 2.24) is 5.32 Å². The number of halogens is 3. The van der Waals surface area contributed by atoms with Gasteiger partial charge in [0, 0.05) is 6.54 Å². The van der Waals surface area contributed by atoms with Gasteiger partial charge in [0.05, 0.1) is 12.5 Å². The standard InChI is InChI=1S/C9H13F3N2O/c1-2-3-7(6-13)8(15)14-5-4-9(10,11)12/h7H,2-5H2,1H3,(H,14,15). The van der Waals surface area contributed by atoms with Gasteiger partial charge < -0.3 is 5.32 Å². The van der Waals surface area contributed by atoms with Crippen LogP contribution in [0.2, 0.25) is 0 Å². The summed E-state index contributed by atoms with van der Waals surface area (Å²) in [4.78, 5) is 11.1. The fourth-order valence-electron chi connectivity index (χ4n) is 0.994. The van der Waals surface area contributed by atoms with Gasteiger partial charge in [-0.2, -0.15) is 18.4 Å². The summed E-state index contributed by atoms with van der Waals surface area (Å²) in [6.07, 6.45) is -4.33. The molecule has 86 valence electrons. The maximum atomic E-state index is 11.7. The van der Waals surface area contributed by atoms with Gasteiger partial charge in [-0.1, -0.05) is 13.3 Å². The van der Waals surface area contributed by atoms with Crippen LogP contribution in [-0.2, 0) is 4.79 Å². The number of hydrogen-bond donors (Lipinski definition) is 1. The summed E-state index contributed by atoms with van der Waals surface area (Å²) in [6.45, 7) is 1.33. The van der Waals surface area contributed by atoms with E-state index in [1.807, 2.05) is 0 Å². The molecule has 0 radical (unpaired) electrons. The lowest BCUT2D eigenvalue weighted by Crippen LogP contribution is -2.32. The van der Waals surface area contributed by atoms with E-state index < -0.39 is 31.0 Å². The summed E-state index contributed by atoms with van der Waals surface area (Å²) >= 11 is 0. The monoisotopic (exact) mass is 222 g/mol. The second-order valence-corrected chi connectivity index (χ2v) is 3.13. The summed E-state index contributed by atoms with van der Waals surface area (Å²) < 4.78 is 35.2. The van der Waals surface area contributed by atoms with Gasteiger partial charge in [0.2, 0.25) is 5.91 Å². The van der Waals surface area contributed by atoms with Crippen LogP contribution >= 0.6 is 0 Å². The fraction of sp³-hybridized carbons (Fsp3) is 0.778. The number of rotatable bonds is 5. The first-order chi connectivity index (χ1) is 6.90. The van der Waals surface area contributed by atoms with Crippen LogP contribution in [0.15, 0.2) is 0 Å². The topological polar surface area (TPSA) is 52.9 Å². The van der Waals surface area contributed by atoms with E-state index in [0.717, 1.165) is 0 Å². The SMILES string of the molecule is CCCC(C#N)C(=O)NCCC(F)(F)F. The lowest BCUT2D eigenvalue weighted by Gasteiger charge is -2.10. The van der Waals surface area contributed by atoms with Crippen molar-refractivity contribution in [1.29, 1.82) is 5.26 Å². The molecule has 0 saturated heterocycles. The van der Waals surface area contributed by atoms with Crippen LogP contribution in [0.25, 0.3) is 0 Å². The van der Waals surface area contributed by atoms with E-state index in [1.165, 1.54) is 0 Å². The summed E-state index contributed by atoms with van der Waals surface area (Å²) in [5.41, 5.74) is 0. The quantitative estimate of drug-likeness (QED) is 0.773. The molecular formula is C9H13F3N2O. The van der Waals surface area contributed by atoms with Crippen LogP contribution < -0.4 is 5.32 Å². The molecule has 0 saturated carbocycles. The molecule has 0 fully saturated rings. The first kappa shape index (κ1) is 13.8. The molecule has 15 heavy (non-hydrogen) atoms. The van der Waals surface area contributed by atoms with Crippen molar-refractivity contribution < 1.29 is 18.0 Å². The zero-order valence-electron chi connectivity index (χ0n) is 8.40. The van der Waals surface area contributed by atoms with E-state index in [-0.39, 0.29) is 0 Å². The molecule has 0 aliphatic carbocycles. The lowest BCUT2D eigenvalue weighted by atomic mass is 10.1. The zero-order chi connectivity index (χ0) is 11.9. The van der Waals surface area contributed by atoms with E-state index >= 15 is 0 Å². The molecule has 1 N–H and O–H groups in total. The van der Waals surface area contributed by atoms with Gasteiger partial charge >= 0.3 is 6.18 Å². The minimum absolute atomic E-state index is 0.369. The summed E-state index contributed by atoms with van der Waals surface area (Å²) in [5.74, 6) is -1.47. The van der Waals surface area contributed by atoms with E-state index in [2.05, 4.69) is 5.32 Å². The Morgan fingerprint density at radius 3 is 2.53 bits per heavy atom. The van der Waals surface area contributed by atoms with Crippen LogP contribution in [0, 0.1) is 17.2 Å². The third-order valence-electron chi connectivity index (χ3n) is 1.76. The highest BCUT2D eigenvalue weighted by Crippen LogP contribution is 2.18. The van der Waals surface area contributed by atoms with Crippen molar-refractivity contribution in [3.63, 3.8) is 0 Å². The van der Waals surface area contributed by atoms with E-state index in [4.69, 9.17) is 5.26 Å². The molecule has 1 amide bonds. The number of nitriles is 1. The smallest absolute Gasteiger partial charge is 0.355 e. The second-order valence-electron chi connectivity index (χ2n) is 3.13. The van der Waals surface area contributed by atoms with Crippen LogP contribution in [0.4, 0.5) is 13.2 Å². The number of carbonyl (C=O) groups is 1. The van der Waals surface area contributed by atoms with Crippen molar-refractivity contribution in [2.75, 3.05) is 6.54 Å². The maximum absolute atomic E-state index is 11.7. The van der Waals surface area contributed by atoms with Crippen LogP contribution in [0.3, 0.4) is 0 Å². The molecule has 0 aromatic heterocycles. The second kappa shape index (κ2) is 6.27. The van der Waals surface area contributed by atoms with Crippen molar-refractivity contribution >= 4 is 5.91 Å². The van der Waals surface area contributed by atoms with E-state index in [0.29, 0.717) is 12.8 Å². The number of nitrogens with one attached hydrogen (secondary N) is 1. The molecule has 0 rings (SSSR count). The van der Waals surface area contributed by atoms with Gasteiger partial charge in [0.25, 0.3) is 0 Å². The Bertz CT molecular complexity index is 245.